The molecule has 0 saturated carbocycles. The third-order valence-electron chi connectivity index (χ3n) is 2.19. The molecule has 0 aliphatic heterocycles. The number of aryl methyl sites for hydroxylation is 2. The summed E-state index contributed by atoms with van der Waals surface area (Å²) >= 11 is 4.13. The highest BCUT2D eigenvalue weighted by Crippen LogP contribution is 2.20. The minimum atomic E-state index is 0.807. The molecule has 0 N–H and O–H groups in total. The van der Waals surface area contributed by atoms with Gasteiger partial charge in [-0.05, 0) is 37.1 Å². The number of hydrogen-bond donors (Lipinski definition) is 1. The first kappa shape index (κ1) is 12.0. The molecule has 0 atom stereocenters. The van der Waals surface area contributed by atoms with Crippen LogP contribution in [-0.2, 0) is 0 Å². The van der Waals surface area contributed by atoms with Crippen molar-refractivity contribution in [1.29, 1.82) is 0 Å². The topological polar surface area (TPSA) is 9.23 Å². The Morgan fingerprint density at radius 3 is 2.33 bits per heavy atom. The van der Waals surface area contributed by atoms with E-state index in [0.717, 1.165) is 23.5 Å². The molecule has 15 heavy (non-hydrogen) atoms. The largest absolute Gasteiger partial charge is 0.497 e. The fraction of sp³-hybridized carbons (Fsp3) is 0.385. The van der Waals surface area contributed by atoms with Crippen LogP contribution < -0.4 is 4.74 Å². The molecule has 1 nitrogen and oxygen atoms in total. The van der Waals surface area contributed by atoms with E-state index >= 15 is 0 Å². The molecule has 0 aliphatic rings. The number of thiol groups is 1. The van der Waals surface area contributed by atoms with Crippen molar-refractivity contribution in [2.75, 3.05) is 12.9 Å². The predicted octanol–water partition coefficient (Wildman–Crippen LogP) is 2.98. The fourth-order valence-corrected chi connectivity index (χ4v) is 1.56. The van der Waals surface area contributed by atoms with Crippen molar-refractivity contribution in [3.8, 4) is 17.6 Å². The first-order valence-electron chi connectivity index (χ1n) is 4.94. The van der Waals surface area contributed by atoms with Gasteiger partial charge in [0.1, 0.15) is 5.75 Å². The van der Waals surface area contributed by atoms with Gasteiger partial charge in [-0.3, -0.25) is 0 Å². The molecule has 1 rings (SSSR count). The van der Waals surface area contributed by atoms with Crippen LogP contribution in [0.1, 0.15) is 23.1 Å². The first-order valence-corrected chi connectivity index (χ1v) is 5.57. The molecule has 0 fully saturated rings. The van der Waals surface area contributed by atoms with Crippen LogP contribution in [0.3, 0.4) is 0 Å². The van der Waals surface area contributed by atoms with Gasteiger partial charge in [-0.15, -0.1) is 0 Å². The zero-order valence-corrected chi connectivity index (χ0v) is 10.3. The van der Waals surface area contributed by atoms with Gasteiger partial charge in [-0.2, -0.15) is 12.6 Å². The van der Waals surface area contributed by atoms with E-state index in [9.17, 15) is 0 Å². The van der Waals surface area contributed by atoms with Gasteiger partial charge < -0.3 is 4.74 Å². The number of methoxy groups -OCH3 is 1. The lowest BCUT2D eigenvalue weighted by molar-refractivity contribution is 0.414. The van der Waals surface area contributed by atoms with Crippen molar-refractivity contribution in [1.82, 2.24) is 0 Å². The summed E-state index contributed by atoms with van der Waals surface area (Å²) in [6, 6.07) is 4.02. The SMILES string of the molecule is COc1cc(C)c(C#CCCS)c(C)c1. The van der Waals surface area contributed by atoms with E-state index in [0.29, 0.717) is 0 Å². The summed E-state index contributed by atoms with van der Waals surface area (Å²) in [6.45, 7) is 4.11. The normalized spacial score (nSPS) is 9.33. The summed E-state index contributed by atoms with van der Waals surface area (Å²) in [5.41, 5.74) is 3.44. The maximum atomic E-state index is 5.20. The molecule has 0 amide bonds. The molecule has 0 radical (unpaired) electrons. The Labute approximate surface area is 97.3 Å². The van der Waals surface area contributed by atoms with Crippen molar-refractivity contribution in [3.63, 3.8) is 0 Å². The highest BCUT2D eigenvalue weighted by molar-refractivity contribution is 7.80. The van der Waals surface area contributed by atoms with Gasteiger partial charge in [-0.25, -0.2) is 0 Å². The standard InChI is InChI=1S/C13H16OS/c1-10-8-12(14-3)9-11(2)13(10)6-4-5-7-15/h8-9,15H,5,7H2,1-3H3. The second kappa shape index (κ2) is 5.72. The molecule has 0 heterocycles. The van der Waals surface area contributed by atoms with E-state index in [1.54, 1.807) is 7.11 Å². The third kappa shape index (κ3) is 3.21. The Morgan fingerprint density at radius 1 is 1.27 bits per heavy atom. The van der Waals surface area contributed by atoms with Crippen LogP contribution in [0.15, 0.2) is 12.1 Å². The fourth-order valence-electron chi connectivity index (χ4n) is 1.45. The molecule has 0 unspecified atom stereocenters. The van der Waals surface area contributed by atoms with Crippen LogP contribution in [0.25, 0.3) is 0 Å². The maximum absolute atomic E-state index is 5.20. The van der Waals surface area contributed by atoms with E-state index in [2.05, 4.69) is 38.3 Å². The zero-order valence-electron chi connectivity index (χ0n) is 9.42. The van der Waals surface area contributed by atoms with Crippen molar-refractivity contribution in [3.05, 3.63) is 28.8 Å². The van der Waals surface area contributed by atoms with Crippen LogP contribution in [0.5, 0.6) is 5.75 Å². The van der Waals surface area contributed by atoms with Crippen LogP contribution in [0.4, 0.5) is 0 Å². The molecular weight excluding hydrogens is 204 g/mol. The molecule has 2 heteroatoms. The highest BCUT2D eigenvalue weighted by atomic mass is 32.1. The number of benzene rings is 1. The number of rotatable bonds is 2. The summed E-state index contributed by atoms with van der Waals surface area (Å²) in [6.07, 6.45) is 0.827. The van der Waals surface area contributed by atoms with E-state index in [1.807, 2.05) is 12.1 Å². The Bertz CT molecular complexity index is 376. The third-order valence-corrected chi connectivity index (χ3v) is 2.42. The van der Waals surface area contributed by atoms with Gasteiger partial charge in [0.25, 0.3) is 0 Å². The first-order chi connectivity index (χ1) is 7.19. The summed E-state index contributed by atoms with van der Waals surface area (Å²) in [7, 11) is 1.68. The summed E-state index contributed by atoms with van der Waals surface area (Å²) in [5, 5.41) is 0. The van der Waals surface area contributed by atoms with Gasteiger partial charge in [-0.1, -0.05) is 11.8 Å². The summed E-state index contributed by atoms with van der Waals surface area (Å²) < 4.78 is 5.20. The van der Waals surface area contributed by atoms with Gasteiger partial charge in [0.15, 0.2) is 0 Å². The maximum Gasteiger partial charge on any atom is 0.119 e. The second-order valence-electron chi connectivity index (χ2n) is 3.41. The zero-order chi connectivity index (χ0) is 11.3. The Hall–Kier alpha value is -1.07. The average molecular weight is 220 g/mol. The van der Waals surface area contributed by atoms with Crippen LogP contribution >= 0.6 is 12.6 Å². The molecular formula is C13H16OS. The molecule has 0 aliphatic carbocycles. The molecule has 0 bridgehead atoms. The quantitative estimate of drug-likeness (QED) is 0.595. The highest BCUT2D eigenvalue weighted by Gasteiger charge is 2.02. The Kier molecular flexibility index (Phi) is 4.58. The van der Waals surface area contributed by atoms with Gasteiger partial charge in [0.05, 0.1) is 7.11 Å². The van der Waals surface area contributed by atoms with Crippen LogP contribution in [0.2, 0.25) is 0 Å². The van der Waals surface area contributed by atoms with Crippen molar-refractivity contribution >= 4 is 12.6 Å². The molecule has 80 valence electrons. The van der Waals surface area contributed by atoms with Gasteiger partial charge in [0, 0.05) is 17.7 Å². The molecule has 0 saturated heterocycles. The molecule has 1 aromatic rings. The summed E-state index contributed by atoms with van der Waals surface area (Å²) in [5.74, 6) is 7.98. The average Bonchev–Trinajstić information content (AvgIpc) is 2.22. The van der Waals surface area contributed by atoms with E-state index in [-0.39, 0.29) is 0 Å². The van der Waals surface area contributed by atoms with Crippen LogP contribution in [-0.4, -0.2) is 12.9 Å². The van der Waals surface area contributed by atoms with Crippen molar-refractivity contribution in [2.24, 2.45) is 0 Å². The minimum absolute atomic E-state index is 0.807. The second-order valence-corrected chi connectivity index (χ2v) is 3.86. The predicted molar refractivity (Wildman–Crippen MR) is 67.8 cm³/mol. The molecule has 0 aromatic heterocycles. The van der Waals surface area contributed by atoms with Gasteiger partial charge in [0.2, 0.25) is 0 Å². The minimum Gasteiger partial charge on any atom is -0.497 e. The smallest absolute Gasteiger partial charge is 0.119 e. The van der Waals surface area contributed by atoms with Crippen molar-refractivity contribution < 1.29 is 4.74 Å². The van der Waals surface area contributed by atoms with Crippen molar-refractivity contribution in [2.45, 2.75) is 20.3 Å². The summed E-state index contributed by atoms with van der Waals surface area (Å²) in [4.78, 5) is 0. The lowest BCUT2D eigenvalue weighted by Crippen LogP contribution is -1.91. The van der Waals surface area contributed by atoms with E-state index in [4.69, 9.17) is 4.74 Å². The lowest BCUT2D eigenvalue weighted by atomic mass is 10.0. The van der Waals surface area contributed by atoms with Gasteiger partial charge >= 0.3 is 0 Å². The Balaban J connectivity index is 3.05. The lowest BCUT2D eigenvalue weighted by Gasteiger charge is -2.06. The number of ether oxygens (including phenoxy) is 1. The van der Waals surface area contributed by atoms with E-state index in [1.165, 1.54) is 11.1 Å². The molecule has 0 spiro atoms. The number of hydrogen-bond acceptors (Lipinski definition) is 2. The van der Waals surface area contributed by atoms with Crippen LogP contribution in [0, 0.1) is 25.7 Å². The van der Waals surface area contributed by atoms with E-state index < -0.39 is 0 Å². The monoisotopic (exact) mass is 220 g/mol. The Morgan fingerprint density at radius 2 is 1.87 bits per heavy atom. The molecule has 1 aromatic carbocycles.